The number of benzene rings is 6. The maximum Gasteiger partial charge on any atom is 0.0800 e. The lowest BCUT2D eigenvalue weighted by Gasteiger charge is -2.42. The summed E-state index contributed by atoms with van der Waals surface area (Å²) in [5.41, 5.74) is 24.5. The summed E-state index contributed by atoms with van der Waals surface area (Å²) in [6, 6.07) is 46.0. The van der Waals surface area contributed by atoms with Gasteiger partial charge in [-0.1, -0.05) is 138 Å². The van der Waals surface area contributed by atoms with Crippen LogP contribution in [0, 0.1) is 13.8 Å². The summed E-state index contributed by atoms with van der Waals surface area (Å²) >= 11 is 0. The van der Waals surface area contributed by atoms with Gasteiger partial charge in [-0.2, -0.15) is 0 Å². The maximum absolute atomic E-state index is 4.04. The van der Waals surface area contributed by atoms with Gasteiger partial charge in [-0.3, -0.25) is 0 Å². The maximum atomic E-state index is 4.04. The van der Waals surface area contributed by atoms with Crippen molar-refractivity contribution in [1.29, 1.82) is 0 Å². The number of hydrogen-bond acceptors (Lipinski definition) is 1. The van der Waals surface area contributed by atoms with Crippen molar-refractivity contribution in [1.82, 2.24) is 9.36 Å². The van der Waals surface area contributed by atoms with Gasteiger partial charge in [0.15, 0.2) is 0 Å². The molecule has 6 aliphatic rings. The van der Waals surface area contributed by atoms with Crippen molar-refractivity contribution in [2.75, 3.05) is 5.32 Å². The van der Waals surface area contributed by atoms with Gasteiger partial charge in [0.2, 0.25) is 0 Å². The van der Waals surface area contributed by atoms with Crippen molar-refractivity contribution in [3.8, 4) is 33.6 Å². The van der Waals surface area contributed by atoms with Crippen molar-refractivity contribution >= 4 is 33.6 Å². The molecular weight excluding hydrogens is 871 g/mol. The third-order valence-electron chi connectivity index (χ3n) is 19.0. The van der Waals surface area contributed by atoms with Crippen LogP contribution in [0.1, 0.15) is 177 Å². The van der Waals surface area contributed by atoms with Crippen LogP contribution in [0.3, 0.4) is 0 Å². The molecule has 2 aliphatic heterocycles. The molecule has 0 aromatic heterocycles. The smallest absolute Gasteiger partial charge is 0.0800 e. The average molecular weight is 948 g/mol. The number of aryl methyl sites for hydroxylation is 2. The second kappa shape index (κ2) is 15.7. The summed E-state index contributed by atoms with van der Waals surface area (Å²) < 4.78 is 5.26. The van der Waals surface area contributed by atoms with Crippen LogP contribution < -0.4 is 10.7 Å². The second-order valence-corrected chi connectivity index (χ2v) is 26.8. The Labute approximate surface area is 430 Å². The van der Waals surface area contributed by atoms with Crippen molar-refractivity contribution in [2.24, 2.45) is 0 Å². The molecule has 0 saturated heterocycles. The summed E-state index contributed by atoms with van der Waals surface area (Å²) in [6.07, 6.45) is 10.3. The predicted octanol–water partition coefficient (Wildman–Crippen LogP) is 17.6. The van der Waals surface area contributed by atoms with Crippen LogP contribution in [0.25, 0.3) is 61.5 Å². The first-order valence-corrected chi connectivity index (χ1v) is 27.3. The normalized spacial score (nSPS) is 19.6. The van der Waals surface area contributed by atoms with Crippen molar-refractivity contribution in [3.05, 3.63) is 176 Å². The Morgan fingerprint density at radius 3 is 1.64 bits per heavy atom. The highest BCUT2D eigenvalue weighted by molar-refractivity contribution is 6.09. The van der Waals surface area contributed by atoms with Gasteiger partial charge in [0, 0.05) is 28.0 Å². The first-order chi connectivity index (χ1) is 33.9. The van der Waals surface area contributed by atoms with E-state index < -0.39 is 0 Å². The van der Waals surface area contributed by atoms with Crippen LogP contribution in [-0.4, -0.2) is 9.36 Å². The number of hydrogen-bond donors (Lipinski definition) is 1. The first kappa shape index (κ1) is 47.0. The predicted molar refractivity (Wildman–Crippen MR) is 308 cm³/mol. The van der Waals surface area contributed by atoms with Gasteiger partial charge in [-0.15, -0.1) is 0 Å². The van der Waals surface area contributed by atoms with Crippen LogP contribution in [0.2, 0.25) is 0 Å². The molecule has 6 aromatic carbocycles. The topological polar surface area (TPSA) is 21.9 Å². The summed E-state index contributed by atoms with van der Waals surface area (Å²) in [4.78, 5) is 0. The number of nitrogens with one attached hydrogen (secondary N) is 1. The number of anilines is 1. The van der Waals surface area contributed by atoms with E-state index in [2.05, 4.69) is 233 Å². The van der Waals surface area contributed by atoms with Gasteiger partial charge in [-0.25, -0.2) is 9.36 Å². The Morgan fingerprint density at radius 1 is 0.444 bits per heavy atom. The molecule has 12 rings (SSSR count). The number of aromatic nitrogens is 2. The first-order valence-electron chi connectivity index (χ1n) is 27.3. The standard InChI is InChI=1S/C69H77N3/c1-42-18-17-19-43(2)62(42)46-33-47-36-57-60(69(13,14)31-30-66(57,7)8)39-50(41-70-48-22-24-55-58(37-48)67(9,10)28-26-64(55,3)4)72-63(47)54(35-46)53-34-45-32-44-20-15-16-21-51(44)52(45)40-61(53)71(72)49-23-25-56-59(38-49)68(11,12)29-27-65(56,5)6/h15-25,33-41,70H,26-32H2,1-14H3/b50-41-,57-36?,60-39?. The van der Waals surface area contributed by atoms with Crippen LogP contribution in [-0.2, 0) is 38.9 Å². The lowest BCUT2D eigenvalue weighted by molar-refractivity contribution is 0.331. The molecule has 3 nitrogen and oxygen atoms in total. The third kappa shape index (κ3) is 7.25. The van der Waals surface area contributed by atoms with Crippen LogP contribution in [0.15, 0.2) is 115 Å². The quantitative estimate of drug-likeness (QED) is 0.175. The van der Waals surface area contributed by atoms with Crippen molar-refractivity contribution in [3.63, 3.8) is 0 Å². The van der Waals surface area contributed by atoms with Gasteiger partial charge in [0.05, 0.1) is 22.2 Å². The largest absolute Gasteiger partial charge is 0.360 e. The minimum absolute atomic E-state index is 0.0301. The molecule has 0 unspecified atom stereocenters. The molecule has 0 saturated carbocycles. The molecule has 2 heterocycles. The fourth-order valence-corrected chi connectivity index (χ4v) is 14.1. The van der Waals surface area contributed by atoms with E-state index in [1.54, 1.807) is 0 Å². The molecule has 0 bridgehead atoms. The Balaban J connectivity index is 1.30. The SMILES string of the molecule is Cc1cccc(C)c1-c1cc2cc3c(c/c(=C/Nc4ccc5c(c4)C(C)(C)CCC5(C)C)n4n(-c5ccc6c(c5)C(C)(C)CCC6(C)C)c5cc6c(cc5c(c1)c2-4)Cc1ccccc1-6)C(C)(C)CCC3(C)C. The zero-order chi connectivity index (χ0) is 50.7. The molecule has 1 N–H and O–H groups in total. The van der Waals surface area contributed by atoms with E-state index in [4.69, 9.17) is 0 Å². The Hall–Kier alpha value is -6.06. The van der Waals surface area contributed by atoms with Crippen molar-refractivity contribution < 1.29 is 0 Å². The van der Waals surface area contributed by atoms with E-state index in [-0.39, 0.29) is 32.5 Å². The molecule has 0 spiro atoms. The Kier molecular flexibility index (Phi) is 10.3. The van der Waals surface area contributed by atoms with Crippen LogP contribution >= 0.6 is 0 Å². The molecule has 0 fully saturated rings. The highest BCUT2D eigenvalue weighted by Crippen LogP contribution is 2.51. The third-order valence-corrected chi connectivity index (χ3v) is 19.0. The summed E-state index contributed by atoms with van der Waals surface area (Å²) in [5.74, 6) is 0. The lowest BCUT2D eigenvalue weighted by atomic mass is 9.63. The van der Waals surface area contributed by atoms with Crippen LogP contribution in [0.4, 0.5) is 5.69 Å². The van der Waals surface area contributed by atoms with Crippen LogP contribution in [0.5, 0.6) is 0 Å². The number of fused-ring (bicyclic) bond motifs is 8. The summed E-state index contributed by atoms with van der Waals surface area (Å²) in [6.45, 7) is 34.1. The second-order valence-electron chi connectivity index (χ2n) is 26.8. The van der Waals surface area contributed by atoms with E-state index >= 15 is 0 Å². The molecule has 72 heavy (non-hydrogen) atoms. The van der Waals surface area contributed by atoms with Gasteiger partial charge >= 0.3 is 0 Å². The van der Waals surface area contributed by atoms with Gasteiger partial charge in [-0.05, 0) is 230 Å². The lowest BCUT2D eigenvalue weighted by Crippen LogP contribution is -2.37. The highest BCUT2D eigenvalue weighted by atomic mass is 15.4. The minimum atomic E-state index is -0.0586. The molecule has 3 heteroatoms. The fourth-order valence-electron chi connectivity index (χ4n) is 14.1. The zero-order valence-electron chi connectivity index (χ0n) is 45.9. The minimum Gasteiger partial charge on any atom is -0.360 e. The number of rotatable bonds is 4. The summed E-state index contributed by atoms with van der Waals surface area (Å²) in [7, 11) is 0. The van der Waals surface area contributed by atoms with Crippen molar-refractivity contribution in [2.45, 2.75) is 174 Å². The Morgan fingerprint density at radius 2 is 1.00 bits per heavy atom. The zero-order valence-corrected chi connectivity index (χ0v) is 45.9. The van der Waals surface area contributed by atoms with E-state index in [1.807, 2.05) is 0 Å². The van der Waals surface area contributed by atoms with E-state index in [0.717, 1.165) is 36.7 Å². The summed E-state index contributed by atoms with van der Waals surface area (Å²) in [5, 5.41) is 9.00. The highest BCUT2D eigenvalue weighted by Gasteiger charge is 2.40. The fraction of sp³-hybridized carbons (Fsp3) is 0.391. The number of nitrogens with zero attached hydrogens (tertiary/aromatic N) is 2. The molecule has 368 valence electrons. The Bertz CT molecular complexity index is 3640. The average Bonchev–Trinajstić information content (AvgIpc) is 3.69. The molecule has 0 atom stereocenters. The van der Waals surface area contributed by atoms with Gasteiger partial charge in [0.1, 0.15) is 0 Å². The van der Waals surface area contributed by atoms with Gasteiger partial charge < -0.3 is 5.32 Å². The van der Waals surface area contributed by atoms with E-state index in [1.165, 1.54) is 130 Å². The molecular formula is C69H77N3. The monoisotopic (exact) mass is 948 g/mol. The molecule has 0 amide bonds. The van der Waals surface area contributed by atoms with E-state index in [9.17, 15) is 0 Å². The van der Waals surface area contributed by atoms with Gasteiger partial charge in [0.25, 0.3) is 0 Å². The molecule has 0 radical (unpaired) electrons. The van der Waals surface area contributed by atoms with E-state index in [0.29, 0.717) is 0 Å². The molecule has 4 aliphatic carbocycles. The molecule has 6 aromatic rings.